The summed E-state index contributed by atoms with van der Waals surface area (Å²) in [6.07, 6.45) is 0. The second-order valence-electron chi connectivity index (χ2n) is 7.73. The van der Waals surface area contributed by atoms with Gasteiger partial charge in [0, 0.05) is 36.8 Å². The first-order valence-corrected chi connectivity index (χ1v) is 12.2. The van der Waals surface area contributed by atoms with Gasteiger partial charge in [0.15, 0.2) is 0 Å². The van der Waals surface area contributed by atoms with Crippen molar-refractivity contribution in [2.24, 2.45) is 0 Å². The van der Waals surface area contributed by atoms with Crippen LogP contribution in [0.4, 0.5) is 22.7 Å². The van der Waals surface area contributed by atoms with Crippen LogP contribution in [0.1, 0.15) is 5.56 Å². The molecular formula is C27H26N2O3S. The van der Waals surface area contributed by atoms with Crippen molar-refractivity contribution in [1.82, 2.24) is 0 Å². The predicted molar refractivity (Wildman–Crippen MR) is 135 cm³/mol. The summed E-state index contributed by atoms with van der Waals surface area (Å²) in [6, 6.07) is 34.5. The largest absolute Gasteiger partial charge is 0.382 e. The van der Waals surface area contributed by atoms with E-state index in [4.69, 9.17) is 4.18 Å². The topological polar surface area (TPSA) is 49.9 Å². The normalized spacial score (nSPS) is 11.1. The van der Waals surface area contributed by atoms with Crippen LogP contribution in [0.2, 0.25) is 0 Å². The highest BCUT2D eigenvalue weighted by Crippen LogP contribution is 2.29. The van der Waals surface area contributed by atoms with Crippen LogP contribution < -0.4 is 14.0 Å². The maximum Gasteiger partial charge on any atom is 0.313 e. The van der Waals surface area contributed by atoms with Crippen LogP contribution in [0.25, 0.3) is 0 Å². The van der Waals surface area contributed by atoms with Crippen molar-refractivity contribution in [2.75, 3.05) is 23.9 Å². The number of benzene rings is 4. The molecule has 0 amide bonds. The van der Waals surface area contributed by atoms with Gasteiger partial charge in [0.05, 0.1) is 0 Å². The fraction of sp³-hybridized carbons (Fsp3) is 0.111. The van der Waals surface area contributed by atoms with Crippen LogP contribution in [-0.2, 0) is 15.9 Å². The van der Waals surface area contributed by atoms with E-state index in [0.29, 0.717) is 11.3 Å². The lowest BCUT2D eigenvalue weighted by molar-refractivity contribution is 0.485. The molecule has 168 valence electrons. The molecule has 0 bridgehead atoms. The van der Waals surface area contributed by atoms with Gasteiger partial charge in [-0.15, -0.1) is 0 Å². The van der Waals surface area contributed by atoms with Gasteiger partial charge in [-0.05, 0) is 66.2 Å². The molecule has 0 unspecified atom stereocenters. The number of anilines is 4. The van der Waals surface area contributed by atoms with Crippen molar-refractivity contribution in [3.8, 4) is 5.75 Å². The lowest BCUT2D eigenvalue weighted by Crippen LogP contribution is -2.13. The van der Waals surface area contributed by atoms with Crippen molar-refractivity contribution < 1.29 is 12.6 Å². The third-order valence-electron chi connectivity index (χ3n) is 5.40. The Balaban J connectivity index is 1.42. The van der Waals surface area contributed by atoms with Crippen LogP contribution in [0.3, 0.4) is 0 Å². The van der Waals surface area contributed by atoms with E-state index in [1.54, 1.807) is 24.3 Å². The Hall–Kier alpha value is -3.77. The molecule has 0 aliphatic rings. The molecule has 5 nitrogen and oxygen atoms in total. The number of rotatable bonds is 8. The Kier molecular flexibility index (Phi) is 6.66. The third-order valence-corrected chi connectivity index (χ3v) is 6.53. The van der Waals surface area contributed by atoms with Gasteiger partial charge in [-0.1, -0.05) is 48.5 Å². The molecule has 0 aliphatic heterocycles. The minimum absolute atomic E-state index is 0.167. The number of para-hydroxylation sites is 1. The van der Waals surface area contributed by atoms with Crippen molar-refractivity contribution in [2.45, 2.75) is 5.75 Å². The second-order valence-corrected chi connectivity index (χ2v) is 9.31. The van der Waals surface area contributed by atoms with Gasteiger partial charge in [-0.25, -0.2) is 0 Å². The molecule has 0 fully saturated rings. The monoisotopic (exact) mass is 458 g/mol. The standard InChI is InChI=1S/C27H26N2O3S/c1-28(23-11-7-4-8-12-23)24-13-15-25(16-14-24)29(2)26-17-19-27(20-18-26)32-33(30,31)21-22-9-5-3-6-10-22/h3-20H,21H2,1-2H3. The van der Waals surface area contributed by atoms with Gasteiger partial charge in [0.2, 0.25) is 0 Å². The van der Waals surface area contributed by atoms with E-state index in [0.717, 1.165) is 22.7 Å². The highest BCUT2D eigenvalue weighted by Gasteiger charge is 2.14. The van der Waals surface area contributed by atoms with E-state index in [2.05, 4.69) is 41.3 Å². The average molecular weight is 459 g/mol. The molecule has 0 saturated carbocycles. The number of hydrogen-bond donors (Lipinski definition) is 0. The molecule has 33 heavy (non-hydrogen) atoms. The van der Waals surface area contributed by atoms with E-state index in [9.17, 15) is 8.42 Å². The molecule has 0 atom stereocenters. The molecule has 0 radical (unpaired) electrons. The van der Waals surface area contributed by atoms with Crippen molar-refractivity contribution >= 4 is 32.9 Å². The van der Waals surface area contributed by atoms with Gasteiger partial charge in [-0.2, -0.15) is 8.42 Å². The Labute approximate surface area is 195 Å². The summed E-state index contributed by atoms with van der Waals surface area (Å²) in [5, 5.41) is 0. The van der Waals surface area contributed by atoms with Crippen LogP contribution in [0.5, 0.6) is 5.75 Å². The first-order chi connectivity index (χ1) is 15.9. The van der Waals surface area contributed by atoms with Gasteiger partial charge < -0.3 is 14.0 Å². The minimum Gasteiger partial charge on any atom is -0.382 e. The van der Waals surface area contributed by atoms with E-state index in [-0.39, 0.29) is 5.75 Å². The number of hydrogen-bond acceptors (Lipinski definition) is 5. The fourth-order valence-electron chi connectivity index (χ4n) is 3.53. The maximum atomic E-state index is 12.4. The SMILES string of the molecule is CN(c1ccccc1)c1ccc(N(C)c2ccc(OS(=O)(=O)Cc3ccccc3)cc2)cc1. The van der Waals surface area contributed by atoms with Gasteiger partial charge >= 0.3 is 10.1 Å². The molecule has 0 N–H and O–H groups in total. The quantitative estimate of drug-likeness (QED) is 0.297. The first kappa shape index (κ1) is 22.4. The van der Waals surface area contributed by atoms with Crippen molar-refractivity contribution in [3.05, 3.63) is 115 Å². The van der Waals surface area contributed by atoms with Crippen LogP contribution in [0.15, 0.2) is 109 Å². The zero-order chi connectivity index (χ0) is 23.3. The third kappa shape index (κ3) is 5.73. The molecule has 4 aromatic carbocycles. The van der Waals surface area contributed by atoms with E-state index in [1.807, 2.05) is 67.5 Å². The van der Waals surface area contributed by atoms with Crippen molar-refractivity contribution in [1.29, 1.82) is 0 Å². The molecule has 4 aromatic rings. The van der Waals surface area contributed by atoms with E-state index < -0.39 is 10.1 Å². The average Bonchev–Trinajstić information content (AvgIpc) is 2.84. The highest BCUT2D eigenvalue weighted by atomic mass is 32.2. The Morgan fingerprint density at radius 2 is 0.970 bits per heavy atom. The summed E-state index contributed by atoms with van der Waals surface area (Å²) < 4.78 is 30.0. The summed E-state index contributed by atoms with van der Waals surface area (Å²) in [5.41, 5.74) is 4.84. The Morgan fingerprint density at radius 1 is 0.576 bits per heavy atom. The zero-order valence-electron chi connectivity index (χ0n) is 18.6. The summed E-state index contributed by atoms with van der Waals surface area (Å²) >= 11 is 0. The Morgan fingerprint density at radius 3 is 1.45 bits per heavy atom. The van der Waals surface area contributed by atoms with Gasteiger partial charge in [-0.3, -0.25) is 0 Å². The smallest absolute Gasteiger partial charge is 0.313 e. The van der Waals surface area contributed by atoms with Gasteiger partial charge in [0.25, 0.3) is 0 Å². The molecule has 0 heterocycles. The summed E-state index contributed by atoms with van der Waals surface area (Å²) in [5.74, 6) is 0.127. The highest BCUT2D eigenvalue weighted by molar-refractivity contribution is 7.86. The van der Waals surface area contributed by atoms with Crippen LogP contribution >= 0.6 is 0 Å². The van der Waals surface area contributed by atoms with E-state index >= 15 is 0 Å². The molecule has 0 spiro atoms. The summed E-state index contributed by atoms with van der Waals surface area (Å²) in [6.45, 7) is 0. The Bertz CT molecular complexity index is 1280. The number of nitrogens with zero attached hydrogens (tertiary/aromatic N) is 2. The molecule has 0 saturated heterocycles. The molecular weight excluding hydrogens is 432 g/mol. The zero-order valence-corrected chi connectivity index (χ0v) is 19.4. The predicted octanol–water partition coefficient (Wildman–Crippen LogP) is 6.13. The fourth-order valence-corrected chi connectivity index (χ4v) is 4.59. The summed E-state index contributed by atoms with van der Waals surface area (Å²) in [4.78, 5) is 4.17. The molecule has 6 heteroatoms. The molecule has 0 aromatic heterocycles. The van der Waals surface area contributed by atoms with Crippen LogP contribution in [0, 0.1) is 0 Å². The first-order valence-electron chi connectivity index (χ1n) is 10.6. The molecule has 0 aliphatic carbocycles. The maximum absolute atomic E-state index is 12.4. The van der Waals surface area contributed by atoms with E-state index in [1.165, 1.54) is 0 Å². The lowest BCUT2D eigenvalue weighted by atomic mass is 10.2. The minimum atomic E-state index is -3.73. The second kappa shape index (κ2) is 9.79. The van der Waals surface area contributed by atoms with Crippen molar-refractivity contribution in [3.63, 3.8) is 0 Å². The van der Waals surface area contributed by atoms with Crippen LogP contribution in [-0.4, -0.2) is 22.5 Å². The molecule has 4 rings (SSSR count). The summed E-state index contributed by atoms with van der Waals surface area (Å²) in [7, 11) is 0.283. The van der Waals surface area contributed by atoms with Gasteiger partial charge in [0.1, 0.15) is 11.5 Å². The lowest BCUT2D eigenvalue weighted by Gasteiger charge is -2.23.